The topological polar surface area (TPSA) is 75.6 Å². The molecule has 2 N–H and O–H groups in total. The average molecular weight is 593 g/mol. The zero-order valence-corrected chi connectivity index (χ0v) is 24.4. The van der Waals surface area contributed by atoms with Crippen LogP contribution in [0.5, 0.6) is 0 Å². The standard InChI is InChI=1S/C32H31F3N4O2S/c1-21-10-12-24(13-11-21)28-27(23-14-16-25(17-15-23)32(33,34)35)18-22(19-36-28)20-37-29(38-30(40)41-31(2,3)4)39-42-26-8-6-5-7-9-26/h5-19H,20H2,1-4H3,(H2,37,38,39,40). The Balaban J connectivity index is 1.63. The molecule has 6 nitrogen and oxygen atoms in total. The molecule has 0 bridgehead atoms. The number of alkyl halides is 3. The van der Waals surface area contributed by atoms with Crippen LogP contribution in [0.3, 0.4) is 0 Å². The van der Waals surface area contributed by atoms with Gasteiger partial charge in [0.05, 0.1) is 11.3 Å². The van der Waals surface area contributed by atoms with Crippen LogP contribution in [0, 0.1) is 6.92 Å². The van der Waals surface area contributed by atoms with E-state index in [1.165, 1.54) is 24.1 Å². The first-order valence-corrected chi connectivity index (χ1v) is 13.9. The predicted octanol–water partition coefficient (Wildman–Crippen LogP) is 8.42. The van der Waals surface area contributed by atoms with E-state index in [2.05, 4.69) is 20.0 Å². The summed E-state index contributed by atoms with van der Waals surface area (Å²) in [6, 6.07) is 24.1. The van der Waals surface area contributed by atoms with Gasteiger partial charge in [0.15, 0.2) is 0 Å². The van der Waals surface area contributed by atoms with Crippen molar-refractivity contribution in [2.75, 3.05) is 0 Å². The Kier molecular flexibility index (Phi) is 9.57. The van der Waals surface area contributed by atoms with Crippen molar-refractivity contribution < 1.29 is 22.7 Å². The molecular formula is C32H31F3N4O2S. The lowest BCUT2D eigenvalue weighted by atomic mass is 9.96. The molecular weight excluding hydrogens is 561 g/mol. The van der Waals surface area contributed by atoms with E-state index in [0.717, 1.165) is 33.7 Å². The molecule has 0 fully saturated rings. The Morgan fingerprint density at radius 2 is 1.57 bits per heavy atom. The molecule has 0 spiro atoms. The van der Waals surface area contributed by atoms with Crippen molar-refractivity contribution in [1.82, 2.24) is 15.6 Å². The largest absolute Gasteiger partial charge is 0.444 e. The molecule has 10 heteroatoms. The van der Waals surface area contributed by atoms with Gasteiger partial charge in [0.2, 0.25) is 5.96 Å². The number of nitrogens with one attached hydrogen (secondary N) is 2. The number of alkyl carbamates (subject to hydrolysis) is 1. The third-order valence-corrected chi connectivity index (χ3v) is 6.61. The Morgan fingerprint density at radius 1 is 0.929 bits per heavy atom. The fourth-order valence-corrected chi connectivity index (χ4v) is 4.46. The smallest absolute Gasteiger partial charge is 0.416 e. The highest BCUT2D eigenvalue weighted by Gasteiger charge is 2.30. The van der Waals surface area contributed by atoms with E-state index in [1.807, 2.05) is 67.6 Å². The number of guanidine groups is 1. The van der Waals surface area contributed by atoms with Crippen molar-refractivity contribution >= 4 is 24.0 Å². The lowest BCUT2D eigenvalue weighted by Gasteiger charge is -2.20. The predicted molar refractivity (Wildman–Crippen MR) is 161 cm³/mol. The fourth-order valence-electron chi connectivity index (χ4n) is 3.87. The number of rotatable bonds is 6. The summed E-state index contributed by atoms with van der Waals surface area (Å²) in [4.78, 5) is 18.1. The second-order valence-electron chi connectivity index (χ2n) is 10.5. The third kappa shape index (κ3) is 8.84. The molecule has 0 aliphatic carbocycles. The summed E-state index contributed by atoms with van der Waals surface area (Å²) >= 11 is 1.18. The monoisotopic (exact) mass is 592 g/mol. The number of hydrogen-bond acceptors (Lipinski definition) is 5. The highest BCUT2D eigenvalue weighted by atomic mass is 32.2. The lowest BCUT2D eigenvalue weighted by Crippen LogP contribution is -2.43. The molecule has 0 atom stereocenters. The fraction of sp³-hybridized carbons (Fsp3) is 0.219. The Bertz CT molecular complexity index is 1530. The number of hydrogen-bond donors (Lipinski definition) is 2. The molecule has 1 heterocycles. The highest BCUT2D eigenvalue weighted by Crippen LogP contribution is 2.34. The van der Waals surface area contributed by atoms with Gasteiger partial charge in [-0.15, -0.1) is 0 Å². The molecule has 1 aromatic heterocycles. The van der Waals surface area contributed by atoms with Crippen LogP contribution in [0.15, 0.2) is 100 Å². The Labute approximate surface area is 247 Å². The Hall–Kier alpha value is -4.31. The summed E-state index contributed by atoms with van der Waals surface area (Å²) in [7, 11) is 0. The normalized spacial score (nSPS) is 12.1. The summed E-state index contributed by atoms with van der Waals surface area (Å²) < 4.78 is 49.5. The molecule has 0 aliphatic heterocycles. The number of aryl methyl sites for hydroxylation is 1. The van der Waals surface area contributed by atoms with Crippen molar-refractivity contribution in [3.63, 3.8) is 0 Å². The van der Waals surface area contributed by atoms with Crippen molar-refractivity contribution in [3.05, 3.63) is 108 Å². The van der Waals surface area contributed by atoms with Gasteiger partial charge in [0, 0.05) is 40.7 Å². The van der Waals surface area contributed by atoms with E-state index in [0.29, 0.717) is 16.8 Å². The van der Waals surface area contributed by atoms with Gasteiger partial charge < -0.3 is 10.1 Å². The van der Waals surface area contributed by atoms with E-state index in [4.69, 9.17) is 4.74 Å². The first-order valence-electron chi connectivity index (χ1n) is 13.1. The summed E-state index contributed by atoms with van der Waals surface area (Å²) in [5.41, 5.74) is 3.12. The first kappa shape index (κ1) is 30.6. The maximum absolute atomic E-state index is 13.2. The van der Waals surface area contributed by atoms with Gasteiger partial charge in [-0.2, -0.15) is 17.6 Å². The second kappa shape index (κ2) is 13.1. The molecule has 218 valence electrons. The number of ether oxygens (including phenoxy) is 1. The van der Waals surface area contributed by atoms with E-state index >= 15 is 0 Å². The molecule has 0 saturated carbocycles. The van der Waals surface area contributed by atoms with Gasteiger partial charge in [-0.1, -0.05) is 60.2 Å². The van der Waals surface area contributed by atoms with Crippen LogP contribution in [-0.2, 0) is 17.5 Å². The maximum atomic E-state index is 13.2. The van der Waals surface area contributed by atoms with Gasteiger partial charge in [-0.25, -0.2) is 4.79 Å². The number of halogens is 3. The number of amides is 1. The highest BCUT2D eigenvalue weighted by molar-refractivity contribution is 7.98. The summed E-state index contributed by atoms with van der Waals surface area (Å²) in [5, 5.41) is 5.78. The van der Waals surface area contributed by atoms with Crippen molar-refractivity contribution in [3.8, 4) is 22.4 Å². The second-order valence-corrected chi connectivity index (χ2v) is 11.3. The number of nitrogens with zero attached hydrogens (tertiary/aromatic N) is 2. The molecule has 0 radical (unpaired) electrons. The van der Waals surface area contributed by atoms with Gasteiger partial charge in [-0.05, 0) is 69.2 Å². The van der Waals surface area contributed by atoms with E-state index in [1.54, 1.807) is 27.0 Å². The number of carbonyl (C=O) groups excluding carboxylic acids is 1. The van der Waals surface area contributed by atoms with Crippen LogP contribution in [0.1, 0.15) is 37.5 Å². The van der Waals surface area contributed by atoms with Crippen molar-refractivity contribution in [2.45, 2.75) is 50.9 Å². The zero-order chi connectivity index (χ0) is 30.3. The minimum absolute atomic E-state index is 0.178. The molecule has 1 amide bonds. The van der Waals surface area contributed by atoms with E-state index in [-0.39, 0.29) is 12.5 Å². The van der Waals surface area contributed by atoms with Gasteiger partial charge in [0.25, 0.3) is 0 Å². The van der Waals surface area contributed by atoms with Crippen LogP contribution in [-0.4, -0.2) is 22.6 Å². The molecule has 0 unspecified atom stereocenters. The molecule has 3 aromatic carbocycles. The minimum Gasteiger partial charge on any atom is -0.444 e. The number of aromatic nitrogens is 1. The summed E-state index contributed by atoms with van der Waals surface area (Å²) in [5.74, 6) is 0.178. The van der Waals surface area contributed by atoms with Crippen LogP contribution < -0.4 is 10.6 Å². The van der Waals surface area contributed by atoms with Gasteiger partial charge in [-0.3, -0.25) is 10.3 Å². The average Bonchev–Trinajstić information content (AvgIpc) is 2.94. The van der Waals surface area contributed by atoms with Crippen molar-refractivity contribution in [2.24, 2.45) is 4.40 Å². The first-order chi connectivity index (χ1) is 19.9. The van der Waals surface area contributed by atoms with Crippen LogP contribution in [0.2, 0.25) is 0 Å². The van der Waals surface area contributed by atoms with Crippen LogP contribution in [0.25, 0.3) is 22.4 Å². The molecule has 0 aliphatic rings. The molecule has 0 saturated heterocycles. The maximum Gasteiger partial charge on any atom is 0.416 e. The van der Waals surface area contributed by atoms with Gasteiger partial charge in [0.1, 0.15) is 5.60 Å². The molecule has 4 aromatic rings. The number of benzene rings is 3. The quantitative estimate of drug-likeness (QED) is 0.134. The van der Waals surface area contributed by atoms with E-state index in [9.17, 15) is 18.0 Å². The van der Waals surface area contributed by atoms with Crippen LogP contribution in [0.4, 0.5) is 18.0 Å². The Morgan fingerprint density at radius 3 is 2.19 bits per heavy atom. The van der Waals surface area contributed by atoms with Crippen LogP contribution >= 0.6 is 11.9 Å². The zero-order valence-electron chi connectivity index (χ0n) is 23.6. The lowest BCUT2D eigenvalue weighted by molar-refractivity contribution is -0.137. The molecule has 4 rings (SSSR count). The summed E-state index contributed by atoms with van der Waals surface area (Å²) in [6.45, 7) is 7.49. The number of carbonyl (C=O) groups is 1. The summed E-state index contributed by atoms with van der Waals surface area (Å²) in [6.07, 6.45) is -3.41. The SMILES string of the molecule is Cc1ccc(-c2ncc(CN/C(=N/Sc3ccccc3)NC(=O)OC(C)(C)C)cc2-c2ccc(C(F)(F)F)cc2)cc1. The minimum atomic E-state index is -4.43. The van der Waals surface area contributed by atoms with E-state index < -0.39 is 23.4 Å². The van der Waals surface area contributed by atoms with Crippen molar-refractivity contribution in [1.29, 1.82) is 0 Å². The number of pyridine rings is 1. The third-order valence-electron chi connectivity index (χ3n) is 5.86. The molecule has 42 heavy (non-hydrogen) atoms. The van der Waals surface area contributed by atoms with Gasteiger partial charge >= 0.3 is 12.3 Å².